The van der Waals surface area contributed by atoms with Gasteiger partial charge in [-0.25, -0.2) is 8.42 Å². The largest absolute Gasteiger partial charge is 0.501 e. The van der Waals surface area contributed by atoms with Crippen molar-refractivity contribution in [2.24, 2.45) is 0 Å². The number of hydrogen-bond acceptors (Lipinski definition) is 4. The van der Waals surface area contributed by atoms with Crippen LogP contribution in [0.25, 0.3) is 0 Å². The van der Waals surface area contributed by atoms with Gasteiger partial charge in [0.2, 0.25) is 0 Å². The molecule has 100 valence electrons. The van der Waals surface area contributed by atoms with Crippen molar-refractivity contribution in [3.63, 3.8) is 0 Å². The summed E-state index contributed by atoms with van der Waals surface area (Å²) < 4.78 is 28.6. The Morgan fingerprint density at radius 2 is 2.24 bits per heavy atom. The predicted octanol–water partition coefficient (Wildman–Crippen LogP) is 1.48. The Bertz CT molecular complexity index is 362. The van der Waals surface area contributed by atoms with Crippen LogP contribution in [0, 0.1) is 0 Å². The topological polar surface area (TPSA) is 55.4 Å². The molecule has 1 aliphatic rings. The zero-order valence-corrected chi connectivity index (χ0v) is 11.7. The highest BCUT2D eigenvalue weighted by Gasteiger charge is 2.29. The number of ether oxygens (including phenoxy) is 1. The third-order valence-electron chi connectivity index (χ3n) is 3.12. The molecule has 4 nitrogen and oxygen atoms in total. The Balaban J connectivity index is 2.82. The molecule has 0 saturated heterocycles. The van der Waals surface area contributed by atoms with E-state index < -0.39 is 15.1 Å². The lowest BCUT2D eigenvalue weighted by Gasteiger charge is -2.28. The van der Waals surface area contributed by atoms with Crippen LogP contribution >= 0.6 is 0 Å². The Morgan fingerprint density at radius 1 is 1.53 bits per heavy atom. The molecule has 0 spiro atoms. The number of hydrogen-bond donors (Lipinski definition) is 1. The molecular formula is C12H23NO3S. The predicted molar refractivity (Wildman–Crippen MR) is 69.7 cm³/mol. The fourth-order valence-corrected chi connectivity index (χ4v) is 2.72. The highest BCUT2D eigenvalue weighted by Crippen LogP contribution is 2.21. The lowest BCUT2D eigenvalue weighted by molar-refractivity contribution is 0.219. The molecule has 0 aromatic heterocycles. The van der Waals surface area contributed by atoms with E-state index in [4.69, 9.17) is 4.74 Å². The summed E-state index contributed by atoms with van der Waals surface area (Å²) in [5.74, 6) is 0. The molecule has 0 saturated carbocycles. The van der Waals surface area contributed by atoms with Crippen molar-refractivity contribution in [2.45, 2.75) is 44.4 Å². The van der Waals surface area contributed by atoms with Gasteiger partial charge in [-0.15, -0.1) is 0 Å². The zero-order chi connectivity index (χ0) is 12.9. The van der Waals surface area contributed by atoms with E-state index in [1.807, 2.05) is 0 Å². The van der Waals surface area contributed by atoms with Crippen molar-refractivity contribution in [3.8, 4) is 0 Å². The Labute approximate surface area is 104 Å². The second-order valence-corrected chi connectivity index (χ2v) is 7.04. The molecule has 1 aliphatic heterocycles. The molecule has 17 heavy (non-hydrogen) atoms. The molecule has 0 fully saturated rings. The van der Waals surface area contributed by atoms with Gasteiger partial charge in [0.15, 0.2) is 9.84 Å². The molecule has 1 rings (SSSR count). The number of rotatable bonds is 6. The number of nitrogens with one attached hydrogen (secondary N) is 1. The van der Waals surface area contributed by atoms with Crippen molar-refractivity contribution < 1.29 is 13.2 Å². The maximum Gasteiger partial charge on any atom is 0.151 e. The first kappa shape index (κ1) is 14.5. The van der Waals surface area contributed by atoms with Crippen LogP contribution in [-0.4, -0.2) is 39.1 Å². The minimum atomic E-state index is -3.04. The van der Waals surface area contributed by atoms with Crippen molar-refractivity contribution in [2.75, 3.05) is 19.4 Å². The molecule has 0 bridgehead atoms. The average molecular weight is 261 g/mol. The second kappa shape index (κ2) is 6.40. The highest BCUT2D eigenvalue weighted by atomic mass is 32.2. The summed E-state index contributed by atoms with van der Waals surface area (Å²) in [7, 11) is -3.04. The van der Waals surface area contributed by atoms with Gasteiger partial charge < -0.3 is 10.1 Å². The average Bonchev–Trinajstić information content (AvgIpc) is 2.29. The minimum absolute atomic E-state index is 0.120. The summed E-state index contributed by atoms with van der Waals surface area (Å²) in [6.07, 6.45) is 5.90. The van der Waals surface area contributed by atoms with Crippen LogP contribution < -0.4 is 5.32 Å². The lowest BCUT2D eigenvalue weighted by atomic mass is 9.99. The highest BCUT2D eigenvalue weighted by molar-refractivity contribution is 7.91. The first-order chi connectivity index (χ1) is 7.96. The Morgan fingerprint density at radius 3 is 2.71 bits per heavy atom. The molecular weight excluding hydrogens is 238 g/mol. The van der Waals surface area contributed by atoms with Crippen LogP contribution in [0.1, 0.15) is 33.1 Å². The van der Waals surface area contributed by atoms with Gasteiger partial charge in [0.25, 0.3) is 0 Å². The summed E-state index contributed by atoms with van der Waals surface area (Å²) in [6.45, 7) is 5.39. The van der Waals surface area contributed by atoms with Gasteiger partial charge in [0, 0.05) is 12.3 Å². The lowest BCUT2D eigenvalue weighted by Crippen LogP contribution is -2.44. The van der Waals surface area contributed by atoms with E-state index in [-0.39, 0.29) is 6.04 Å². The fraction of sp³-hybridized carbons (Fsp3) is 0.833. The molecule has 0 aromatic rings. The fourth-order valence-electron chi connectivity index (χ4n) is 1.96. The molecule has 0 radical (unpaired) electrons. The maximum absolute atomic E-state index is 11.7. The summed E-state index contributed by atoms with van der Waals surface area (Å²) in [4.78, 5) is 0. The third kappa shape index (κ3) is 4.32. The van der Waals surface area contributed by atoms with E-state index in [1.54, 1.807) is 13.2 Å². The van der Waals surface area contributed by atoms with E-state index in [2.05, 4.69) is 12.2 Å². The first-order valence-electron chi connectivity index (χ1n) is 6.19. The van der Waals surface area contributed by atoms with E-state index in [1.165, 1.54) is 6.26 Å². The second-order valence-electron chi connectivity index (χ2n) is 4.63. The van der Waals surface area contributed by atoms with E-state index >= 15 is 0 Å². The monoisotopic (exact) mass is 261 g/mol. The van der Waals surface area contributed by atoms with Gasteiger partial charge in [-0.2, -0.15) is 0 Å². The molecule has 2 unspecified atom stereocenters. The molecule has 0 aliphatic carbocycles. The van der Waals surface area contributed by atoms with Gasteiger partial charge in [-0.1, -0.05) is 6.92 Å². The molecule has 5 heteroatoms. The summed E-state index contributed by atoms with van der Waals surface area (Å²) >= 11 is 0. The number of sulfone groups is 1. The molecule has 0 amide bonds. The quantitative estimate of drug-likeness (QED) is 0.787. The standard InChI is InChI=1S/C12H23NO3S/c1-4-7-13-12(10(2)17(3,14)15)11-6-5-8-16-9-11/h9-10,12-13H,4-8H2,1-3H3. The van der Waals surface area contributed by atoms with E-state index in [0.717, 1.165) is 38.0 Å². The third-order valence-corrected chi connectivity index (χ3v) is 4.74. The van der Waals surface area contributed by atoms with Crippen LogP contribution in [0.4, 0.5) is 0 Å². The maximum atomic E-state index is 11.7. The molecule has 1 N–H and O–H groups in total. The SMILES string of the molecule is CCCNC(C1=COCCC1)C(C)S(C)(=O)=O. The van der Waals surface area contributed by atoms with Crippen molar-refractivity contribution in [1.82, 2.24) is 5.32 Å². The molecule has 1 heterocycles. The van der Waals surface area contributed by atoms with Crippen LogP contribution in [-0.2, 0) is 14.6 Å². The van der Waals surface area contributed by atoms with Gasteiger partial charge in [-0.05, 0) is 38.3 Å². The van der Waals surface area contributed by atoms with E-state index in [0.29, 0.717) is 0 Å². The van der Waals surface area contributed by atoms with Crippen LogP contribution in [0.5, 0.6) is 0 Å². The zero-order valence-electron chi connectivity index (χ0n) is 10.9. The smallest absolute Gasteiger partial charge is 0.151 e. The van der Waals surface area contributed by atoms with Crippen LogP contribution in [0.2, 0.25) is 0 Å². The Kier molecular flexibility index (Phi) is 5.46. The van der Waals surface area contributed by atoms with E-state index in [9.17, 15) is 8.42 Å². The summed E-state index contributed by atoms with van der Waals surface area (Å²) in [5, 5.41) is 2.90. The van der Waals surface area contributed by atoms with Gasteiger partial charge in [0.05, 0.1) is 18.1 Å². The Hall–Kier alpha value is -0.550. The van der Waals surface area contributed by atoms with Crippen molar-refractivity contribution in [1.29, 1.82) is 0 Å². The van der Waals surface area contributed by atoms with Gasteiger partial charge in [0.1, 0.15) is 0 Å². The molecule has 2 atom stereocenters. The van der Waals surface area contributed by atoms with Crippen LogP contribution in [0.3, 0.4) is 0 Å². The molecule has 0 aromatic carbocycles. The summed E-state index contributed by atoms with van der Waals surface area (Å²) in [5.41, 5.74) is 1.07. The first-order valence-corrected chi connectivity index (χ1v) is 8.15. The van der Waals surface area contributed by atoms with Gasteiger partial charge in [-0.3, -0.25) is 0 Å². The summed E-state index contributed by atoms with van der Waals surface area (Å²) in [6, 6.07) is -0.120. The van der Waals surface area contributed by atoms with Crippen molar-refractivity contribution >= 4 is 9.84 Å². The van der Waals surface area contributed by atoms with Crippen LogP contribution in [0.15, 0.2) is 11.8 Å². The van der Waals surface area contributed by atoms with Crippen molar-refractivity contribution in [3.05, 3.63) is 11.8 Å². The van der Waals surface area contributed by atoms with Gasteiger partial charge >= 0.3 is 0 Å². The minimum Gasteiger partial charge on any atom is -0.501 e. The normalized spacial score (nSPS) is 20.3.